The minimum Gasteiger partial charge on any atom is -0.480 e. The SMILES string of the molecule is CC1NC(=O)CCC(=O)Nc2ccc(cc2)CCC(C(=O)O)NC(=O)C(C)NC(=O)C(C)NC1=O. The molecular formula is C23H31N5O7. The highest BCUT2D eigenvalue weighted by atomic mass is 16.4. The monoisotopic (exact) mass is 489 g/mol. The van der Waals surface area contributed by atoms with E-state index >= 15 is 0 Å². The van der Waals surface area contributed by atoms with E-state index in [-0.39, 0.29) is 25.2 Å². The number of carbonyl (C=O) groups excluding carboxylic acids is 5. The van der Waals surface area contributed by atoms with Gasteiger partial charge in [0.2, 0.25) is 29.5 Å². The number of anilines is 1. The maximum absolute atomic E-state index is 12.5. The molecule has 4 atom stereocenters. The van der Waals surface area contributed by atoms with Crippen LogP contribution in [0.4, 0.5) is 5.69 Å². The molecule has 0 spiro atoms. The molecule has 2 bridgehead atoms. The number of benzene rings is 1. The van der Waals surface area contributed by atoms with Crippen molar-refractivity contribution < 1.29 is 33.9 Å². The van der Waals surface area contributed by atoms with Gasteiger partial charge in [-0.15, -0.1) is 0 Å². The minimum absolute atomic E-state index is 0.0986. The molecule has 12 nitrogen and oxygen atoms in total. The molecule has 2 heterocycles. The van der Waals surface area contributed by atoms with Crippen molar-refractivity contribution >= 4 is 41.2 Å². The molecule has 1 aromatic carbocycles. The van der Waals surface area contributed by atoms with Gasteiger partial charge in [0.1, 0.15) is 24.2 Å². The lowest BCUT2D eigenvalue weighted by atomic mass is 10.0. The van der Waals surface area contributed by atoms with Gasteiger partial charge in [-0.2, -0.15) is 0 Å². The van der Waals surface area contributed by atoms with Crippen LogP contribution in [0.25, 0.3) is 0 Å². The summed E-state index contributed by atoms with van der Waals surface area (Å²) in [5.74, 6) is -4.09. The first kappa shape index (κ1) is 27.3. The molecule has 0 aliphatic carbocycles. The molecule has 190 valence electrons. The fraction of sp³-hybridized carbons (Fsp3) is 0.478. The number of amides is 5. The number of nitrogens with one attached hydrogen (secondary N) is 5. The van der Waals surface area contributed by atoms with Crippen molar-refractivity contribution in [1.82, 2.24) is 21.3 Å². The zero-order valence-electron chi connectivity index (χ0n) is 19.8. The quantitative estimate of drug-likeness (QED) is 0.286. The Morgan fingerprint density at radius 2 is 1.20 bits per heavy atom. The summed E-state index contributed by atoms with van der Waals surface area (Å²) < 4.78 is 0. The summed E-state index contributed by atoms with van der Waals surface area (Å²) in [7, 11) is 0. The molecule has 2 aliphatic heterocycles. The van der Waals surface area contributed by atoms with E-state index < -0.39 is 53.8 Å². The van der Waals surface area contributed by atoms with Gasteiger partial charge >= 0.3 is 5.97 Å². The Balaban J connectivity index is 2.19. The smallest absolute Gasteiger partial charge is 0.326 e. The molecular weight excluding hydrogens is 458 g/mol. The first-order valence-electron chi connectivity index (χ1n) is 11.3. The number of aryl methyl sites for hydroxylation is 1. The van der Waals surface area contributed by atoms with Gasteiger partial charge in [0.15, 0.2) is 0 Å². The Bertz CT molecular complexity index is 979. The molecule has 12 heteroatoms. The van der Waals surface area contributed by atoms with Crippen molar-refractivity contribution in [2.45, 2.75) is 70.6 Å². The van der Waals surface area contributed by atoms with E-state index in [2.05, 4.69) is 26.6 Å². The number of carboxylic acid groups (broad SMARTS) is 1. The lowest BCUT2D eigenvalue weighted by molar-refractivity contribution is -0.142. The molecule has 5 amide bonds. The lowest BCUT2D eigenvalue weighted by Gasteiger charge is -2.22. The zero-order valence-corrected chi connectivity index (χ0v) is 19.8. The van der Waals surface area contributed by atoms with Gasteiger partial charge in [-0.1, -0.05) is 12.1 Å². The van der Waals surface area contributed by atoms with E-state index in [9.17, 15) is 33.9 Å². The van der Waals surface area contributed by atoms with Crippen molar-refractivity contribution in [3.8, 4) is 0 Å². The zero-order chi connectivity index (χ0) is 26.1. The molecule has 0 radical (unpaired) electrons. The van der Waals surface area contributed by atoms with Crippen LogP contribution in [0.3, 0.4) is 0 Å². The third-order valence-electron chi connectivity index (χ3n) is 5.43. The van der Waals surface area contributed by atoms with Gasteiger partial charge in [-0.25, -0.2) is 4.79 Å². The standard InChI is InChI=1S/C23H31N5O7/c1-12-20(31)25-13(2)21(32)26-14(3)22(33)28-17(23(34)35)9-6-15-4-7-16(8-5-15)27-19(30)11-10-18(29)24-12/h4-5,7-8,12-14,17H,6,9-11H2,1-3H3,(H,24,29)(H,25,31)(H,26,32)(H,27,30)(H,28,33)(H,34,35). The van der Waals surface area contributed by atoms with Crippen molar-refractivity contribution in [3.05, 3.63) is 29.8 Å². The maximum Gasteiger partial charge on any atom is 0.326 e. The molecule has 35 heavy (non-hydrogen) atoms. The predicted molar refractivity (Wildman–Crippen MR) is 125 cm³/mol. The van der Waals surface area contributed by atoms with E-state index in [1.165, 1.54) is 20.8 Å². The topological polar surface area (TPSA) is 183 Å². The second-order valence-electron chi connectivity index (χ2n) is 8.43. The van der Waals surface area contributed by atoms with Gasteiger partial charge in [0.25, 0.3) is 0 Å². The molecule has 0 fully saturated rings. The van der Waals surface area contributed by atoms with Crippen molar-refractivity contribution in [1.29, 1.82) is 0 Å². The third kappa shape index (κ3) is 8.72. The van der Waals surface area contributed by atoms with Crippen LogP contribution in [0, 0.1) is 0 Å². The largest absolute Gasteiger partial charge is 0.480 e. The fourth-order valence-corrected chi connectivity index (χ4v) is 3.26. The molecule has 6 N–H and O–H groups in total. The molecule has 2 aliphatic rings. The Kier molecular flexibility index (Phi) is 9.74. The van der Waals surface area contributed by atoms with Crippen LogP contribution in [0.15, 0.2) is 24.3 Å². The Hall–Kier alpha value is -3.96. The number of rotatable bonds is 1. The van der Waals surface area contributed by atoms with E-state index in [0.29, 0.717) is 12.1 Å². The molecule has 0 saturated heterocycles. The van der Waals surface area contributed by atoms with Gasteiger partial charge in [-0.05, 0) is 51.3 Å². The van der Waals surface area contributed by atoms with Crippen molar-refractivity contribution in [3.63, 3.8) is 0 Å². The first-order chi connectivity index (χ1) is 16.5. The highest BCUT2D eigenvalue weighted by Gasteiger charge is 2.26. The first-order valence-corrected chi connectivity index (χ1v) is 11.3. The van der Waals surface area contributed by atoms with Gasteiger partial charge in [0, 0.05) is 18.5 Å². The predicted octanol–water partition coefficient (Wildman–Crippen LogP) is -0.565. The summed E-state index contributed by atoms with van der Waals surface area (Å²) >= 11 is 0. The second kappa shape index (κ2) is 12.5. The molecule has 1 aromatic rings. The van der Waals surface area contributed by atoms with E-state index in [1.807, 2.05) is 0 Å². The average molecular weight is 490 g/mol. The number of carbonyl (C=O) groups is 6. The third-order valence-corrected chi connectivity index (χ3v) is 5.43. The van der Waals surface area contributed by atoms with Crippen LogP contribution in [0.1, 0.15) is 45.6 Å². The second-order valence-corrected chi connectivity index (χ2v) is 8.43. The van der Waals surface area contributed by atoms with Crippen LogP contribution in [-0.4, -0.2) is 64.8 Å². The molecule has 0 saturated carbocycles. The number of hydrogen-bond acceptors (Lipinski definition) is 6. The van der Waals surface area contributed by atoms with Crippen LogP contribution >= 0.6 is 0 Å². The Morgan fingerprint density at radius 1 is 0.714 bits per heavy atom. The van der Waals surface area contributed by atoms with Gasteiger partial charge in [-0.3, -0.25) is 24.0 Å². The van der Waals surface area contributed by atoms with Crippen LogP contribution in [0.2, 0.25) is 0 Å². The summed E-state index contributed by atoms with van der Waals surface area (Å²) in [6, 6.07) is 2.51. The van der Waals surface area contributed by atoms with E-state index in [4.69, 9.17) is 0 Å². The number of fused-ring (bicyclic) bond motifs is 19. The minimum atomic E-state index is -1.22. The molecule has 0 aromatic heterocycles. The maximum atomic E-state index is 12.5. The highest BCUT2D eigenvalue weighted by molar-refractivity contribution is 5.96. The lowest BCUT2D eigenvalue weighted by Crippen LogP contribution is -2.55. The molecule has 4 unspecified atom stereocenters. The Labute approximate surface area is 202 Å². The molecule has 3 rings (SSSR count). The van der Waals surface area contributed by atoms with Crippen LogP contribution < -0.4 is 26.6 Å². The number of carboxylic acids is 1. The average Bonchev–Trinajstić information content (AvgIpc) is 2.80. The van der Waals surface area contributed by atoms with Crippen LogP contribution in [-0.2, 0) is 35.2 Å². The fourth-order valence-electron chi connectivity index (χ4n) is 3.26. The number of hydrogen-bond donors (Lipinski definition) is 6. The number of aliphatic carboxylic acids is 1. The van der Waals surface area contributed by atoms with Crippen LogP contribution in [0.5, 0.6) is 0 Å². The van der Waals surface area contributed by atoms with E-state index in [1.54, 1.807) is 24.3 Å². The van der Waals surface area contributed by atoms with E-state index in [0.717, 1.165) is 5.56 Å². The van der Waals surface area contributed by atoms with Crippen molar-refractivity contribution in [2.75, 3.05) is 5.32 Å². The summed E-state index contributed by atoms with van der Waals surface area (Å²) in [4.78, 5) is 73.1. The Morgan fingerprint density at radius 3 is 1.74 bits per heavy atom. The van der Waals surface area contributed by atoms with Gasteiger partial charge in [0.05, 0.1) is 0 Å². The summed E-state index contributed by atoms with van der Waals surface area (Å²) in [5.41, 5.74) is 1.31. The summed E-state index contributed by atoms with van der Waals surface area (Å²) in [6.45, 7) is 4.23. The highest BCUT2D eigenvalue weighted by Crippen LogP contribution is 2.13. The normalized spacial score (nSPS) is 25.6. The summed E-state index contributed by atoms with van der Waals surface area (Å²) in [6.07, 6.45) is 0.208. The van der Waals surface area contributed by atoms with Gasteiger partial charge < -0.3 is 31.7 Å². The van der Waals surface area contributed by atoms with Crippen molar-refractivity contribution in [2.24, 2.45) is 0 Å². The summed E-state index contributed by atoms with van der Waals surface area (Å²) in [5, 5.41) is 21.9.